The fourth-order valence-electron chi connectivity index (χ4n) is 2.44. The molecule has 0 aromatic rings. The van der Waals surface area contributed by atoms with Gasteiger partial charge in [-0.05, 0) is 26.3 Å². The first-order valence-corrected chi connectivity index (χ1v) is 5.92. The van der Waals surface area contributed by atoms with Gasteiger partial charge in [-0.15, -0.1) is 0 Å². The van der Waals surface area contributed by atoms with Gasteiger partial charge >= 0.3 is 0 Å². The monoisotopic (exact) mass is 216 g/mol. The van der Waals surface area contributed by atoms with Crippen LogP contribution in [0.3, 0.4) is 0 Å². The molecule has 1 unspecified atom stereocenters. The molecule has 0 heterocycles. The molecule has 0 aromatic carbocycles. The van der Waals surface area contributed by atoms with E-state index in [1.165, 1.54) is 0 Å². The highest BCUT2D eigenvalue weighted by molar-refractivity contribution is 4.95. The first-order chi connectivity index (χ1) is 6.96. The zero-order valence-corrected chi connectivity index (χ0v) is 11.2. The summed E-state index contributed by atoms with van der Waals surface area (Å²) in [5.41, 5.74) is 5.96. The van der Waals surface area contributed by atoms with Gasteiger partial charge in [-0.25, -0.2) is 0 Å². The normalized spacial score (nSPS) is 16.4. The van der Waals surface area contributed by atoms with E-state index < -0.39 is 0 Å². The van der Waals surface area contributed by atoms with Crippen LogP contribution in [0.4, 0.5) is 0 Å². The molecule has 0 rings (SSSR count). The van der Waals surface area contributed by atoms with Crippen molar-refractivity contribution in [1.29, 1.82) is 0 Å². The van der Waals surface area contributed by atoms with E-state index in [9.17, 15) is 0 Å². The molecule has 0 saturated carbocycles. The van der Waals surface area contributed by atoms with Gasteiger partial charge in [0, 0.05) is 19.7 Å². The van der Waals surface area contributed by atoms with Crippen LogP contribution in [0.2, 0.25) is 0 Å². The van der Waals surface area contributed by atoms with E-state index in [-0.39, 0.29) is 5.54 Å². The van der Waals surface area contributed by atoms with Gasteiger partial charge in [0.15, 0.2) is 0 Å². The summed E-state index contributed by atoms with van der Waals surface area (Å²) >= 11 is 0. The molecule has 0 aliphatic rings. The first-order valence-electron chi connectivity index (χ1n) is 5.92. The number of hydrogen-bond acceptors (Lipinski definition) is 3. The second-order valence-corrected chi connectivity index (χ2v) is 4.78. The molecule has 92 valence electrons. The lowest BCUT2D eigenvalue weighted by Gasteiger charge is -2.47. The Kier molecular flexibility index (Phi) is 6.41. The number of likely N-dealkylation sites (N-methyl/N-ethyl adjacent to an activating group) is 1. The smallest absolute Gasteiger partial charge is 0.0661 e. The van der Waals surface area contributed by atoms with Gasteiger partial charge in [0.05, 0.1) is 12.1 Å². The molecule has 3 heteroatoms. The summed E-state index contributed by atoms with van der Waals surface area (Å²) in [5, 5.41) is 0. The fourth-order valence-corrected chi connectivity index (χ4v) is 2.44. The maximum atomic E-state index is 5.99. The Hall–Kier alpha value is -0.120. The van der Waals surface area contributed by atoms with Crippen LogP contribution >= 0.6 is 0 Å². The molecule has 15 heavy (non-hydrogen) atoms. The average molecular weight is 216 g/mol. The van der Waals surface area contributed by atoms with E-state index in [1.807, 2.05) is 0 Å². The van der Waals surface area contributed by atoms with Crippen molar-refractivity contribution in [3.63, 3.8) is 0 Å². The van der Waals surface area contributed by atoms with Crippen LogP contribution in [0, 0.1) is 5.92 Å². The summed E-state index contributed by atoms with van der Waals surface area (Å²) in [6, 6.07) is 0.496. The molecule has 1 atom stereocenters. The summed E-state index contributed by atoms with van der Waals surface area (Å²) in [4.78, 5) is 2.45. The molecule has 3 nitrogen and oxygen atoms in total. The zero-order chi connectivity index (χ0) is 12.1. The minimum atomic E-state index is -0.0301. The molecule has 0 bridgehead atoms. The third kappa shape index (κ3) is 3.16. The first kappa shape index (κ1) is 14.9. The highest BCUT2D eigenvalue weighted by atomic mass is 16.5. The third-order valence-corrected chi connectivity index (χ3v) is 3.36. The Morgan fingerprint density at radius 3 is 2.00 bits per heavy atom. The molecule has 0 aromatic heterocycles. The van der Waals surface area contributed by atoms with Crippen molar-refractivity contribution < 1.29 is 4.74 Å². The van der Waals surface area contributed by atoms with Gasteiger partial charge in [-0.3, -0.25) is 4.90 Å². The maximum absolute atomic E-state index is 5.99. The summed E-state index contributed by atoms with van der Waals surface area (Å²) in [6.07, 6.45) is 0. The van der Waals surface area contributed by atoms with Gasteiger partial charge < -0.3 is 10.5 Å². The minimum Gasteiger partial charge on any atom is -0.383 e. The fraction of sp³-hybridized carbons (Fsp3) is 1.00. The van der Waals surface area contributed by atoms with Crippen molar-refractivity contribution in [2.24, 2.45) is 11.7 Å². The predicted molar refractivity (Wildman–Crippen MR) is 66.0 cm³/mol. The number of nitrogens with zero attached hydrogens (tertiary/aromatic N) is 1. The van der Waals surface area contributed by atoms with E-state index >= 15 is 0 Å². The summed E-state index contributed by atoms with van der Waals surface area (Å²) < 4.78 is 5.37. The van der Waals surface area contributed by atoms with Crippen LogP contribution in [0.1, 0.15) is 34.6 Å². The van der Waals surface area contributed by atoms with Crippen molar-refractivity contribution in [1.82, 2.24) is 4.90 Å². The number of methoxy groups -OCH3 is 1. The Balaban J connectivity index is 5.01. The van der Waals surface area contributed by atoms with Crippen molar-refractivity contribution >= 4 is 0 Å². The van der Waals surface area contributed by atoms with Crippen LogP contribution in [0.25, 0.3) is 0 Å². The van der Waals surface area contributed by atoms with Gasteiger partial charge in [-0.1, -0.05) is 20.8 Å². The Bertz CT molecular complexity index is 171. The van der Waals surface area contributed by atoms with Crippen LogP contribution < -0.4 is 5.73 Å². The van der Waals surface area contributed by atoms with Crippen LogP contribution in [-0.4, -0.2) is 43.3 Å². The number of hydrogen-bond donors (Lipinski definition) is 1. The molecule has 0 spiro atoms. The van der Waals surface area contributed by atoms with E-state index in [0.29, 0.717) is 25.1 Å². The lowest BCUT2D eigenvalue weighted by Crippen LogP contribution is -2.62. The second kappa shape index (κ2) is 6.46. The van der Waals surface area contributed by atoms with E-state index in [2.05, 4.69) is 39.5 Å². The Morgan fingerprint density at radius 1 is 1.27 bits per heavy atom. The number of rotatable bonds is 7. The summed E-state index contributed by atoms with van der Waals surface area (Å²) in [5.74, 6) is 0.491. The summed E-state index contributed by atoms with van der Waals surface area (Å²) in [6.45, 7) is 13.4. The van der Waals surface area contributed by atoms with Crippen LogP contribution in [0.5, 0.6) is 0 Å². The van der Waals surface area contributed by atoms with Crippen molar-refractivity contribution in [2.75, 3.05) is 26.8 Å². The van der Waals surface area contributed by atoms with Gasteiger partial charge in [0.25, 0.3) is 0 Å². The predicted octanol–water partition coefficient (Wildman–Crippen LogP) is 1.72. The molecular weight excluding hydrogens is 188 g/mol. The minimum absolute atomic E-state index is 0.0301. The average Bonchev–Trinajstić information content (AvgIpc) is 2.16. The standard InChI is InChI=1S/C12H28N2O/c1-7-14(11(4)5)12(8-13,9-15-6)10(2)3/h10-11H,7-9,13H2,1-6H3. The molecule has 0 aliphatic carbocycles. The van der Waals surface area contributed by atoms with Gasteiger partial charge in [-0.2, -0.15) is 0 Å². The van der Waals surface area contributed by atoms with E-state index in [0.717, 1.165) is 6.54 Å². The topological polar surface area (TPSA) is 38.5 Å². The number of nitrogens with two attached hydrogens (primary N) is 1. The largest absolute Gasteiger partial charge is 0.383 e. The maximum Gasteiger partial charge on any atom is 0.0661 e. The highest BCUT2D eigenvalue weighted by Gasteiger charge is 2.39. The van der Waals surface area contributed by atoms with Crippen LogP contribution in [0.15, 0.2) is 0 Å². The van der Waals surface area contributed by atoms with E-state index in [1.54, 1.807) is 7.11 Å². The molecule has 2 N–H and O–H groups in total. The molecule has 0 saturated heterocycles. The number of ether oxygens (including phenoxy) is 1. The molecule has 0 amide bonds. The zero-order valence-electron chi connectivity index (χ0n) is 11.2. The lowest BCUT2D eigenvalue weighted by molar-refractivity contribution is -0.0305. The Morgan fingerprint density at radius 2 is 1.80 bits per heavy atom. The highest BCUT2D eigenvalue weighted by Crippen LogP contribution is 2.26. The van der Waals surface area contributed by atoms with Crippen molar-refractivity contribution in [2.45, 2.75) is 46.2 Å². The molecule has 0 radical (unpaired) electrons. The SMILES string of the molecule is CCN(C(C)C)C(CN)(COC)C(C)C. The second-order valence-electron chi connectivity index (χ2n) is 4.78. The van der Waals surface area contributed by atoms with Crippen molar-refractivity contribution in [3.05, 3.63) is 0 Å². The molecule has 0 aliphatic heterocycles. The third-order valence-electron chi connectivity index (χ3n) is 3.36. The summed E-state index contributed by atoms with van der Waals surface area (Å²) in [7, 11) is 1.75. The molecular formula is C12H28N2O. The van der Waals surface area contributed by atoms with Gasteiger partial charge in [0.1, 0.15) is 0 Å². The molecule has 0 fully saturated rings. The van der Waals surface area contributed by atoms with E-state index in [4.69, 9.17) is 10.5 Å². The Labute approximate surface area is 95.0 Å². The van der Waals surface area contributed by atoms with Gasteiger partial charge in [0.2, 0.25) is 0 Å². The van der Waals surface area contributed by atoms with Crippen LogP contribution in [-0.2, 0) is 4.74 Å². The van der Waals surface area contributed by atoms with Crippen molar-refractivity contribution in [3.8, 4) is 0 Å². The quantitative estimate of drug-likeness (QED) is 0.704. The lowest BCUT2D eigenvalue weighted by atomic mass is 9.84.